The number of amides is 2. The van der Waals surface area contributed by atoms with Crippen molar-refractivity contribution in [3.05, 3.63) is 22.4 Å². The molecule has 1 atom stereocenters. The first-order valence-electron chi connectivity index (χ1n) is 7.97. The maximum atomic E-state index is 12.3. The largest absolute Gasteiger partial charge is 0.393 e. The lowest BCUT2D eigenvalue weighted by Crippen LogP contribution is -2.41. The lowest BCUT2D eigenvalue weighted by Gasteiger charge is -2.37. The van der Waals surface area contributed by atoms with Crippen LogP contribution in [0, 0.1) is 5.92 Å². The molecule has 124 valence electrons. The Kier molecular flexibility index (Phi) is 5.07. The number of hydrogen-bond acceptors (Lipinski definition) is 5. The van der Waals surface area contributed by atoms with Crippen molar-refractivity contribution >= 4 is 28.9 Å². The molecule has 6 nitrogen and oxygen atoms in total. The zero-order valence-corrected chi connectivity index (χ0v) is 13.6. The fraction of sp³-hybridized carbons (Fsp3) is 0.562. The van der Waals surface area contributed by atoms with Gasteiger partial charge in [-0.05, 0) is 43.0 Å². The third-order valence-corrected chi connectivity index (χ3v) is 5.36. The van der Waals surface area contributed by atoms with Gasteiger partial charge in [0.25, 0.3) is 0 Å². The number of thiophene rings is 1. The van der Waals surface area contributed by atoms with E-state index in [0.29, 0.717) is 31.6 Å². The molecule has 0 aromatic carbocycles. The molecule has 0 radical (unpaired) electrons. The molecule has 2 aliphatic rings. The highest BCUT2D eigenvalue weighted by molar-refractivity contribution is 7.10. The lowest BCUT2D eigenvalue weighted by molar-refractivity contribution is -0.123. The molecule has 7 heteroatoms. The molecule has 0 bridgehead atoms. The first kappa shape index (κ1) is 16.1. The molecule has 3 rings (SSSR count). The van der Waals surface area contributed by atoms with Gasteiger partial charge < -0.3 is 10.4 Å². The van der Waals surface area contributed by atoms with Crippen LogP contribution in [-0.4, -0.2) is 28.7 Å². The lowest BCUT2D eigenvalue weighted by atomic mass is 9.76. The summed E-state index contributed by atoms with van der Waals surface area (Å²) in [5.74, 6) is 0.225. The van der Waals surface area contributed by atoms with Crippen molar-refractivity contribution in [1.29, 1.82) is 0 Å². The van der Waals surface area contributed by atoms with E-state index in [9.17, 15) is 14.7 Å². The normalized spacial score (nSPS) is 25.1. The summed E-state index contributed by atoms with van der Waals surface area (Å²) < 4.78 is 0. The van der Waals surface area contributed by atoms with Crippen LogP contribution in [0.1, 0.15) is 49.4 Å². The SMILES string of the molecule is O=C1CCC(CCC(=O)NC(c2cccs2)C2CC(O)C2)=NN1. The van der Waals surface area contributed by atoms with Crippen LogP contribution in [0.4, 0.5) is 0 Å². The van der Waals surface area contributed by atoms with Crippen LogP contribution in [0.5, 0.6) is 0 Å². The summed E-state index contributed by atoms with van der Waals surface area (Å²) in [6.07, 6.45) is 3.24. The van der Waals surface area contributed by atoms with Crippen LogP contribution in [0.2, 0.25) is 0 Å². The minimum atomic E-state index is -0.237. The van der Waals surface area contributed by atoms with Crippen LogP contribution >= 0.6 is 11.3 Å². The summed E-state index contributed by atoms with van der Waals surface area (Å²) in [6.45, 7) is 0. The smallest absolute Gasteiger partial charge is 0.240 e. The van der Waals surface area contributed by atoms with Crippen molar-refractivity contribution in [2.45, 2.75) is 50.7 Å². The Morgan fingerprint density at radius 2 is 2.30 bits per heavy atom. The van der Waals surface area contributed by atoms with E-state index in [4.69, 9.17) is 0 Å². The number of nitrogens with one attached hydrogen (secondary N) is 2. The summed E-state index contributed by atoms with van der Waals surface area (Å²) in [5.41, 5.74) is 3.32. The Morgan fingerprint density at radius 3 is 2.91 bits per heavy atom. The van der Waals surface area contributed by atoms with Gasteiger partial charge in [0.05, 0.1) is 12.1 Å². The second kappa shape index (κ2) is 7.23. The van der Waals surface area contributed by atoms with Crippen LogP contribution in [0.25, 0.3) is 0 Å². The average Bonchev–Trinajstić information content (AvgIpc) is 3.03. The molecule has 1 saturated carbocycles. The van der Waals surface area contributed by atoms with Gasteiger partial charge in [-0.3, -0.25) is 9.59 Å². The third kappa shape index (κ3) is 4.17. The Bertz CT molecular complexity index is 594. The maximum absolute atomic E-state index is 12.3. The number of hydrazone groups is 1. The molecule has 1 aromatic heterocycles. The van der Waals surface area contributed by atoms with Gasteiger partial charge in [-0.1, -0.05) is 6.07 Å². The number of aliphatic hydroxyl groups is 1. The van der Waals surface area contributed by atoms with Gasteiger partial charge in [0.2, 0.25) is 11.8 Å². The van der Waals surface area contributed by atoms with Crippen molar-refractivity contribution in [3.8, 4) is 0 Å². The van der Waals surface area contributed by atoms with E-state index in [-0.39, 0.29) is 24.0 Å². The Hall–Kier alpha value is -1.73. The number of carbonyl (C=O) groups is 2. The summed E-state index contributed by atoms with van der Waals surface area (Å²) in [7, 11) is 0. The zero-order valence-electron chi connectivity index (χ0n) is 12.8. The monoisotopic (exact) mass is 335 g/mol. The molecule has 1 unspecified atom stereocenters. The van der Waals surface area contributed by atoms with Crippen molar-refractivity contribution < 1.29 is 14.7 Å². The van der Waals surface area contributed by atoms with E-state index in [1.807, 2.05) is 17.5 Å². The molecule has 0 spiro atoms. The molecule has 3 N–H and O–H groups in total. The molecule has 1 aromatic rings. The minimum Gasteiger partial charge on any atom is -0.393 e. The number of nitrogens with zero attached hydrogens (tertiary/aromatic N) is 1. The average molecular weight is 335 g/mol. The number of hydrogen-bond donors (Lipinski definition) is 3. The topological polar surface area (TPSA) is 90.8 Å². The van der Waals surface area contributed by atoms with Crippen molar-refractivity contribution in [1.82, 2.24) is 10.7 Å². The Morgan fingerprint density at radius 1 is 1.48 bits per heavy atom. The van der Waals surface area contributed by atoms with Crippen molar-refractivity contribution in [3.63, 3.8) is 0 Å². The summed E-state index contributed by atoms with van der Waals surface area (Å²) in [6, 6.07) is 3.99. The highest BCUT2D eigenvalue weighted by Gasteiger charge is 2.36. The quantitative estimate of drug-likeness (QED) is 0.739. The zero-order chi connectivity index (χ0) is 16.2. The van der Waals surface area contributed by atoms with Gasteiger partial charge in [0, 0.05) is 23.4 Å². The van der Waals surface area contributed by atoms with Crippen LogP contribution in [-0.2, 0) is 9.59 Å². The van der Waals surface area contributed by atoms with Crippen molar-refractivity contribution in [2.24, 2.45) is 11.0 Å². The number of aliphatic hydroxyl groups excluding tert-OH is 1. The molecule has 1 fully saturated rings. The van der Waals surface area contributed by atoms with Gasteiger partial charge in [0.15, 0.2) is 0 Å². The number of rotatable bonds is 6. The predicted molar refractivity (Wildman–Crippen MR) is 88.0 cm³/mol. The molecule has 0 saturated heterocycles. The van der Waals surface area contributed by atoms with E-state index in [1.54, 1.807) is 11.3 Å². The highest BCUT2D eigenvalue weighted by atomic mass is 32.1. The molecular weight excluding hydrogens is 314 g/mol. The highest BCUT2D eigenvalue weighted by Crippen LogP contribution is 2.39. The predicted octanol–water partition coefficient (Wildman–Crippen LogP) is 1.72. The van der Waals surface area contributed by atoms with E-state index in [1.165, 1.54) is 0 Å². The van der Waals surface area contributed by atoms with E-state index in [0.717, 1.165) is 23.4 Å². The van der Waals surface area contributed by atoms with E-state index >= 15 is 0 Å². The molecule has 1 aliphatic heterocycles. The van der Waals surface area contributed by atoms with Crippen molar-refractivity contribution in [2.75, 3.05) is 0 Å². The third-order valence-electron chi connectivity index (χ3n) is 4.41. The summed E-state index contributed by atoms with van der Waals surface area (Å²) in [4.78, 5) is 24.5. The molecule has 23 heavy (non-hydrogen) atoms. The molecule has 2 heterocycles. The second-order valence-corrected chi connectivity index (χ2v) is 7.14. The van der Waals surface area contributed by atoms with Gasteiger partial charge in [-0.25, -0.2) is 5.43 Å². The molecule has 2 amide bonds. The molecular formula is C16H21N3O3S. The van der Waals surface area contributed by atoms with E-state index < -0.39 is 0 Å². The summed E-state index contributed by atoms with van der Waals surface area (Å²) in [5, 5.41) is 18.6. The minimum absolute atomic E-state index is 0.00982. The van der Waals surface area contributed by atoms with E-state index in [2.05, 4.69) is 15.8 Å². The van der Waals surface area contributed by atoms with Gasteiger partial charge in [0.1, 0.15) is 0 Å². The van der Waals surface area contributed by atoms with Gasteiger partial charge in [-0.2, -0.15) is 5.10 Å². The summed E-state index contributed by atoms with van der Waals surface area (Å²) >= 11 is 1.63. The fourth-order valence-corrected chi connectivity index (χ4v) is 3.86. The Balaban J connectivity index is 1.53. The maximum Gasteiger partial charge on any atom is 0.240 e. The van der Waals surface area contributed by atoms with Crippen LogP contribution in [0.3, 0.4) is 0 Å². The fourth-order valence-electron chi connectivity index (χ4n) is 2.99. The van der Waals surface area contributed by atoms with Gasteiger partial charge >= 0.3 is 0 Å². The van der Waals surface area contributed by atoms with Crippen LogP contribution < -0.4 is 10.7 Å². The number of carbonyl (C=O) groups excluding carboxylic acids is 2. The standard InChI is InChI=1S/C16H21N3O3S/c20-12-8-10(9-12)16(13-2-1-7-23-13)17-14(21)5-3-11-4-6-15(22)19-18-11/h1-2,7,10,12,16,20H,3-6,8-9H2,(H,17,21)(H,19,22). The molecule has 1 aliphatic carbocycles. The first-order chi connectivity index (χ1) is 11.1. The van der Waals surface area contributed by atoms with Crippen LogP contribution in [0.15, 0.2) is 22.6 Å². The van der Waals surface area contributed by atoms with Gasteiger partial charge in [-0.15, -0.1) is 11.3 Å². The Labute approximate surface area is 139 Å². The second-order valence-electron chi connectivity index (χ2n) is 6.16. The first-order valence-corrected chi connectivity index (χ1v) is 8.85.